The SMILES string of the molecule is NC(=O)c1coc(-c2csc(NC3CCOc4ccccc43)n2)c1. The highest BCUT2D eigenvalue weighted by Crippen LogP contribution is 2.35. The lowest BCUT2D eigenvalue weighted by Gasteiger charge is -2.26. The van der Waals surface area contributed by atoms with Crippen molar-refractivity contribution in [3.8, 4) is 17.2 Å². The first-order chi connectivity index (χ1) is 11.7. The summed E-state index contributed by atoms with van der Waals surface area (Å²) in [6.07, 6.45) is 2.22. The van der Waals surface area contributed by atoms with Crippen molar-refractivity contribution in [2.45, 2.75) is 12.5 Å². The normalized spacial score (nSPS) is 16.2. The Morgan fingerprint density at radius 1 is 1.38 bits per heavy atom. The number of ether oxygens (including phenoxy) is 1. The number of anilines is 1. The molecule has 1 atom stereocenters. The van der Waals surface area contributed by atoms with E-state index in [1.807, 2.05) is 23.6 Å². The van der Waals surface area contributed by atoms with Crippen molar-refractivity contribution in [2.75, 3.05) is 11.9 Å². The Kier molecular flexibility index (Phi) is 3.70. The molecule has 122 valence electrons. The summed E-state index contributed by atoms with van der Waals surface area (Å²) in [5.74, 6) is 0.924. The summed E-state index contributed by atoms with van der Waals surface area (Å²) in [7, 11) is 0. The number of rotatable bonds is 4. The average molecular weight is 341 g/mol. The monoisotopic (exact) mass is 341 g/mol. The maximum absolute atomic E-state index is 11.2. The van der Waals surface area contributed by atoms with Gasteiger partial charge in [0.15, 0.2) is 10.9 Å². The molecule has 7 heteroatoms. The molecule has 1 unspecified atom stereocenters. The fourth-order valence-electron chi connectivity index (χ4n) is 2.69. The summed E-state index contributed by atoms with van der Waals surface area (Å²) in [5.41, 5.74) is 7.39. The fraction of sp³-hybridized carbons (Fsp3) is 0.176. The number of nitrogens with two attached hydrogens (primary N) is 1. The lowest BCUT2D eigenvalue weighted by molar-refractivity contribution is 0.0999. The number of primary amides is 1. The number of amides is 1. The summed E-state index contributed by atoms with van der Waals surface area (Å²) in [6, 6.07) is 9.77. The minimum Gasteiger partial charge on any atom is -0.493 e. The molecule has 0 spiro atoms. The van der Waals surface area contributed by atoms with Crippen molar-refractivity contribution in [1.29, 1.82) is 0 Å². The van der Waals surface area contributed by atoms with Gasteiger partial charge in [-0.15, -0.1) is 11.3 Å². The smallest absolute Gasteiger partial charge is 0.251 e. The van der Waals surface area contributed by atoms with Gasteiger partial charge in [0, 0.05) is 17.4 Å². The van der Waals surface area contributed by atoms with Crippen LogP contribution >= 0.6 is 11.3 Å². The van der Waals surface area contributed by atoms with E-state index in [2.05, 4.69) is 16.4 Å². The van der Waals surface area contributed by atoms with Crippen LogP contribution in [0.3, 0.4) is 0 Å². The van der Waals surface area contributed by atoms with Crippen molar-refractivity contribution >= 4 is 22.4 Å². The molecule has 2 aromatic heterocycles. The Hall–Kier alpha value is -2.80. The first kappa shape index (κ1) is 14.8. The van der Waals surface area contributed by atoms with Crippen LogP contribution in [0.5, 0.6) is 5.75 Å². The van der Waals surface area contributed by atoms with E-state index in [1.165, 1.54) is 17.6 Å². The van der Waals surface area contributed by atoms with Crippen LogP contribution in [0.2, 0.25) is 0 Å². The van der Waals surface area contributed by atoms with Gasteiger partial charge in [0.2, 0.25) is 0 Å². The molecule has 3 aromatic rings. The zero-order chi connectivity index (χ0) is 16.5. The fourth-order valence-corrected chi connectivity index (χ4v) is 3.45. The van der Waals surface area contributed by atoms with Gasteiger partial charge in [-0.25, -0.2) is 4.98 Å². The number of para-hydroxylation sites is 1. The molecule has 1 aromatic carbocycles. The van der Waals surface area contributed by atoms with Crippen LogP contribution in [0.1, 0.15) is 28.4 Å². The lowest BCUT2D eigenvalue weighted by atomic mass is 10.0. The lowest BCUT2D eigenvalue weighted by Crippen LogP contribution is -2.20. The summed E-state index contributed by atoms with van der Waals surface area (Å²) < 4.78 is 11.0. The number of carbonyl (C=O) groups is 1. The molecule has 3 N–H and O–H groups in total. The number of hydrogen-bond acceptors (Lipinski definition) is 6. The van der Waals surface area contributed by atoms with Crippen LogP contribution in [-0.2, 0) is 0 Å². The number of hydrogen-bond donors (Lipinski definition) is 2. The molecule has 0 saturated heterocycles. The van der Waals surface area contributed by atoms with Gasteiger partial charge in [-0.2, -0.15) is 0 Å². The van der Waals surface area contributed by atoms with Crippen LogP contribution in [0.4, 0.5) is 5.13 Å². The second-order valence-corrected chi connectivity index (χ2v) is 6.33. The van der Waals surface area contributed by atoms with E-state index in [0.29, 0.717) is 23.6 Å². The van der Waals surface area contributed by atoms with Gasteiger partial charge in [0.25, 0.3) is 5.91 Å². The quantitative estimate of drug-likeness (QED) is 0.758. The Morgan fingerprint density at radius 3 is 3.08 bits per heavy atom. The standard InChI is InChI=1S/C17H15N3O3S/c18-16(21)10-7-15(23-8-10)13-9-24-17(20-13)19-12-5-6-22-14-4-2-1-3-11(12)14/h1-4,7-9,12H,5-6H2,(H2,18,21)(H,19,20). The Labute approximate surface area is 142 Å². The molecular weight excluding hydrogens is 326 g/mol. The molecule has 1 aliphatic heterocycles. The highest BCUT2D eigenvalue weighted by atomic mass is 32.1. The zero-order valence-corrected chi connectivity index (χ0v) is 13.5. The van der Waals surface area contributed by atoms with Gasteiger partial charge >= 0.3 is 0 Å². The molecule has 6 nitrogen and oxygen atoms in total. The molecule has 4 rings (SSSR count). The van der Waals surface area contributed by atoms with Gasteiger partial charge in [0.05, 0.1) is 18.2 Å². The molecule has 0 saturated carbocycles. The number of benzene rings is 1. The number of fused-ring (bicyclic) bond motifs is 1. The first-order valence-electron chi connectivity index (χ1n) is 7.53. The summed E-state index contributed by atoms with van der Waals surface area (Å²) in [4.78, 5) is 15.7. The highest BCUT2D eigenvalue weighted by molar-refractivity contribution is 7.14. The van der Waals surface area contributed by atoms with Gasteiger partial charge in [0.1, 0.15) is 17.7 Å². The number of thiazole rings is 1. The molecule has 1 aliphatic rings. The van der Waals surface area contributed by atoms with E-state index in [4.69, 9.17) is 14.9 Å². The first-order valence-corrected chi connectivity index (χ1v) is 8.41. The van der Waals surface area contributed by atoms with Gasteiger partial charge in [-0.3, -0.25) is 4.79 Å². The third-order valence-corrected chi connectivity index (χ3v) is 4.67. The summed E-state index contributed by atoms with van der Waals surface area (Å²) in [6.45, 7) is 0.674. The molecule has 1 amide bonds. The van der Waals surface area contributed by atoms with Crippen LogP contribution in [-0.4, -0.2) is 17.5 Å². The predicted molar refractivity (Wildman–Crippen MR) is 91.3 cm³/mol. The van der Waals surface area contributed by atoms with E-state index < -0.39 is 5.91 Å². The molecule has 0 radical (unpaired) electrons. The van der Waals surface area contributed by atoms with Crippen molar-refractivity contribution in [2.24, 2.45) is 5.73 Å². The molecule has 0 aliphatic carbocycles. The third-order valence-electron chi connectivity index (χ3n) is 3.90. The predicted octanol–water partition coefficient (Wildman–Crippen LogP) is 3.44. The highest BCUT2D eigenvalue weighted by Gasteiger charge is 2.22. The maximum Gasteiger partial charge on any atom is 0.251 e. The topological polar surface area (TPSA) is 90.4 Å². The second kappa shape index (κ2) is 6.01. The minimum absolute atomic E-state index is 0.159. The Morgan fingerprint density at radius 2 is 2.25 bits per heavy atom. The zero-order valence-electron chi connectivity index (χ0n) is 12.7. The number of aromatic nitrogens is 1. The van der Waals surface area contributed by atoms with E-state index in [9.17, 15) is 4.79 Å². The second-order valence-electron chi connectivity index (χ2n) is 5.47. The number of furan rings is 1. The molecule has 24 heavy (non-hydrogen) atoms. The van der Waals surface area contributed by atoms with E-state index in [-0.39, 0.29) is 6.04 Å². The largest absolute Gasteiger partial charge is 0.493 e. The molecular formula is C17H15N3O3S. The number of nitrogens with zero attached hydrogens (tertiary/aromatic N) is 1. The molecule has 0 bridgehead atoms. The van der Waals surface area contributed by atoms with Crippen molar-refractivity contribution in [3.05, 3.63) is 53.1 Å². The van der Waals surface area contributed by atoms with E-state index in [0.717, 1.165) is 22.9 Å². The Bertz CT molecular complexity index is 887. The summed E-state index contributed by atoms with van der Waals surface area (Å²) >= 11 is 1.49. The van der Waals surface area contributed by atoms with Crippen molar-refractivity contribution in [1.82, 2.24) is 4.98 Å². The molecule has 3 heterocycles. The van der Waals surface area contributed by atoms with Crippen molar-refractivity contribution in [3.63, 3.8) is 0 Å². The average Bonchev–Trinajstić information content (AvgIpc) is 3.24. The maximum atomic E-state index is 11.2. The van der Waals surface area contributed by atoms with E-state index >= 15 is 0 Å². The van der Waals surface area contributed by atoms with Gasteiger partial charge < -0.3 is 20.2 Å². The van der Waals surface area contributed by atoms with Gasteiger partial charge in [-0.05, 0) is 12.1 Å². The van der Waals surface area contributed by atoms with Crippen LogP contribution in [0, 0.1) is 0 Å². The van der Waals surface area contributed by atoms with Crippen LogP contribution in [0.25, 0.3) is 11.5 Å². The van der Waals surface area contributed by atoms with Gasteiger partial charge in [-0.1, -0.05) is 18.2 Å². The number of carbonyl (C=O) groups excluding carboxylic acids is 1. The Balaban J connectivity index is 1.55. The number of nitrogens with one attached hydrogen (secondary N) is 1. The summed E-state index contributed by atoms with van der Waals surface area (Å²) in [5, 5.41) is 6.13. The molecule has 0 fully saturated rings. The van der Waals surface area contributed by atoms with Crippen LogP contribution in [0.15, 0.2) is 46.4 Å². The minimum atomic E-state index is -0.516. The van der Waals surface area contributed by atoms with Crippen molar-refractivity contribution < 1.29 is 13.9 Å². The third kappa shape index (κ3) is 2.74. The van der Waals surface area contributed by atoms with E-state index in [1.54, 1.807) is 6.07 Å². The van der Waals surface area contributed by atoms with Crippen LogP contribution < -0.4 is 15.8 Å².